The molecular weight excluding hydrogens is 403 g/mol. The first kappa shape index (κ1) is 21.6. The van der Waals surface area contributed by atoms with Gasteiger partial charge in [-0.1, -0.05) is 55.9 Å². The number of nitrogens with zero attached hydrogens (tertiary/aromatic N) is 2. The Labute approximate surface area is 178 Å². The normalized spacial score (nSPS) is 12.0. The Morgan fingerprint density at radius 2 is 1.80 bits per heavy atom. The molecule has 0 saturated carbocycles. The van der Waals surface area contributed by atoms with Crippen molar-refractivity contribution in [1.29, 1.82) is 0 Å². The van der Waals surface area contributed by atoms with E-state index < -0.39 is 17.2 Å². The smallest absolute Gasteiger partial charge is 0.318 e. The number of nitrogens with one attached hydrogen (secondary N) is 1. The zero-order chi connectivity index (χ0) is 21.7. The number of primary amides is 1. The minimum Gasteiger partial charge on any atom is -0.351 e. The highest BCUT2D eigenvalue weighted by molar-refractivity contribution is 8.00. The maximum atomic E-state index is 13.4. The van der Waals surface area contributed by atoms with Crippen LogP contribution in [0.1, 0.15) is 19.4 Å². The van der Waals surface area contributed by atoms with Gasteiger partial charge >= 0.3 is 6.03 Å². The number of rotatable bonds is 7. The van der Waals surface area contributed by atoms with Crippen molar-refractivity contribution >= 4 is 23.7 Å². The van der Waals surface area contributed by atoms with Gasteiger partial charge < -0.3 is 10.3 Å². The fourth-order valence-corrected chi connectivity index (χ4v) is 4.09. The standard InChI is InChI=1S/C22H23FN4O2S/c1-14(2)19(20(28)26-21(24)29)30-22-25-12-18(16-8-10-17(23)11-9-16)27(22)13-15-6-4-3-5-7-15/h3-12,14,19H,13H2,1-2H3,(H3,24,26,28,29)/t19-/m0/s1. The Morgan fingerprint density at radius 3 is 2.40 bits per heavy atom. The Hall–Kier alpha value is -3.13. The number of halogens is 1. The number of imide groups is 1. The van der Waals surface area contributed by atoms with Crippen molar-refractivity contribution in [3.05, 3.63) is 72.2 Å². The molecule has 3 N–H and O–H groups in total. The molecule has 0 aliphatic carbocycles. The van der Waals surface area contributed by atoms with Crippen molar-refractivity contribution < 1.29 is 14.0 Å². The molecule has 0 unspecified atom stereocenters. The minimum absolute atomic E-state index is 0.0644. The summed E-state index contributed by atoms with van der Waals surface area (Å²) in [5.74, 6) is -0.837. The van der Waals surface area contributed by atoms with E-state index in [4.69, 9.17) is 5.73 Å². The summed E-state index contributed by atoms with van der Waals surface area (Å²) in [7, 11) is 0. The molecule has 6 nitrogen and oxygen atoms in total. The van der Waals surface area contributed by atoms with Crippen LogP contribution in [-0.4, -0.2) is 26.7 Å². The number of imidazole rings is 1. The van der Waals surface area contributed by atoms with Gasteiger partial charge in [0.25, 0.3) is 0 Å². The monoisotopic (exact) mass is 426 g/mol. The molecule has 0 radical (unpaired) electrons. The zero-order valence-electron chi connectivity index (χ0n) is 16.7. The zero-order valence-corrected chi connectivity index (χ0v) is 17.5. The van der Waals surface area contributed by atoms with Crippen LogP contribution in [0.4, 0.5) is 9.18 Å². The molecule has 0 spiro atoms. The molecule has 3 rings (SSSR count). The molecule has 1 heterocycles. The largest absolute Gasteiger partial charge is 0.351 e. The predicted octanol–water partition coefficient (Wildman–Crippen LogP) is 4.05. The summed E-state index contributed by atoms with van der Waals surface area (Å²) in [5.41, 5.74) is 7.80. The van der Waals surface area contributed by atoms with Gasteiger partial charge in [0.1, 0.15) is 5.82 Å². The first-order valence-electron chi connectivity index (χ1n) is 9.47. The topological polar surface area (TPSA) is 90.0 Å². The van der Waals surface area contributed by atoms with Crippen LogP contribution in [0.25, 0.3) is 11.3 Å². The highest BCUT2D eigenvalue weighted by atomic mass is 32.2. The number of hydrogen-bond donors (Lipinski definition) is 2. The molecule has 0 aliphatic heterocycles. The number of urea groups is 1. The van der Waals surface area contributed by atoms with E-state index in [1.807, 2.05) is 48.7 Å². The summed E-state index contributed by atoms with van der Waals surface area (Å²) in [6.07, 6.45) is 1.71. The molecule has 30 heavy (non-hydrogen) atoms. The summed E-state index contributed by atoms with van der Waals surface area (Å²) >= 11 is 1.27. The van der Waals surface area contributed by atoms with Crippen molar-refractivity contribution in [2.75, 3.05) is 0 Å². The van der Waals surface area contributed by atoms with E-state index in [1.54, 1.807) is 18.3 Å². The van der Waals surface area contributed by atoms with Crippen LogP contribution >= 0.6 is 11.8 Å². The van der Waals surface area contributed by atoms with Crippen LogP contribution in [0.2, 0.25) is 0 Å². The number of aromatic nitrogens is 2. The average Bonchev–Trinajstić information content (AvgIpc) is 3.09. The van der Waals surface area contributed by atoms with Gasteiger partial charge in [-0.3, -0.25) is 10.1 Å². The molecule has 0 aliphatic rings. The maximum Gasteiger partial charge on any atom is 0.318 e. The van der Waals surface area contributed by atoms with Crippen molar-refractivity contribution in [3.8, 4) is 11.3 Å². The van der Waals surface area contributed by atoms with Crippen molar-refractivity contribution in [2.45, 2.75) is 30.8 Å². The van der Waals surface area contributed by atoms with Gasteiger partial charge in [-0.2, -0.15) is 0 Å². The second-order valence-electron chi connectivity index (χ2n) is 7.14. The molecule has 8 heteroatoms. The number of thioether (sulfide) groups is 1. The highest BCUT2D eigenvalue weighted by Crippen LogP contribution is 2.32. The first-order chi connectivity index (χ1) is 14.3. The van der Waals surface area contributed by atoms with Gasteiger partial charge in [0, 0.05) is 0 Å². The van der Waals surface area contributed by atoms with Crippen LogP contribution < -0.4 is 11.1 Å². The fourth-order valence-electron chi connectivity index (χ4n) is 3.02. The molecular formula is C22H23FN4O2S. The molecule has 0 fully saturated rings. The van der Waals surface area contributed by atoms with Crippen LogP contribution in [0.3, 0.4) is 0 Å². The van der Waals surface area contributed by atoms with Crippen LogP contribution in [0.15, 0.2) is 66.0 Å². The lowest BCUT2D eigenvalue weighted by molar-refractivity contribution is -0.120. The Kier molecular flexibility index (Phi) is 6.89. The number of carbonyl (C=O) groups is 2. The SMILES string of the molecule is CC(C)[C@H](Sc1ncc(-c2ccc(F)cc2)n1Cc1ccccc1)C(=O)NC(N)=O. The van der Waals surface area contributed by atoms with E-state index in [0.717, 1.165) is 16.8 Å². The van der Waals surface area contributed by atoms with E-state index in [9.17, 15) is 14.0 Å². The van der Waals surface area contributed by atoms with Gasteiger partial charge in [-0.25, -0.2) is 14.2 Å². The Bertz CT molecular complexity index is 1020. The average molecular weight is 427 g/mol. The van der Waals surface area contributed by atoms with E-state index in [0.29, 0.717) is 11.7 Å². The molecule has 0 saturated heterocycles. The molecule has 1 atom stereocenters. The van der Waals surface area contributed by atoms with Gasteiger partial charge in [0.15, 0.2) is 5.16 Å². The lowest BCUT2D eigenvalue weighted by atomic mass is 10.1. The molecule has 0 bridgehead atoms. The number of amides is 3. The van der Waals surface area contributed by atoms with E-state index >= 15 is 0 Å². The maximum absolute atomic E-state index is 13.4. The van der Waals surface area contributed by atoms with Crippen LogP contribution in [0.5, 0.6) is 0 Å². The molecule has 1 aromatic heterocycles. The van der Waals surface area contributed by atoms with Crippen LogP contribution in [-0.2, 0) is 11.3 Å². The third-order valence-electron chi connectivity index (χ3n) is 4.49. The summed E-state index contributed by atoms with van der Waals surface area (Å²) in [6.45, 7) is 4.31. The lowest BCUT2D eigenvalue weighted by Gasteiger charge is -2.20. The summed E-state index contributed by atoms with van der Waals surface area (Å²) in [4.78, 5) is 28.1. The third-order valence-corrected chi connectivity index (χ3v) is 6.03. The highest BCUT2D eigenvalue weighted by Gasteiger charge is 2.27. The Balaban J connectivity index is 1.99. The number of carbonyl (C=O) groups excluding carboxylic acids is 2. The molecule has 2 aromatic carbocycles. The fraction of sp³-hybridized carbons (Fsp3) is 0.227. The second-order valence-corrected chi connectivity index (χ2v) is 8.25. The summed E-state index contributed by atoms with van der Waals surface area (Å²) in [5, 5.41) is 2.22. The Morgan fingerprint density at radius 1 is 1.13 bits per heavy atom. The number of benzene rings is 2. The minimum atomic E-state index is -0.883. The van der Waals surface area contributed by atoms with Gasteiger partial charge in [0.05, 0.1) is 23.7 Å². The van der Waals surface area contributed by atoms with Crippen molar-refractivity contribution in [1.82, 2.24) is 14.9 Å². The van der Waals surface area contributed by atoms with Gasteiger partial charge in [0.2, 0.25) is 5.91 Å². The quantitative estimate of drug-likeness (QED) is 0.558. The molecule has 3 aromatic rings. The summed E-state index contributed by atoms with van der Waals surface area (Å²) < 4.78 is 15.4. The predicted molar refractivity (Wildman–Crippen MR) is 115 cm³/mol. The number of nitrogens with two attached hydrogens (primary N) is 1. The van der Waals surface area contributed by atoms with E-state index in [2.05, 4.69) is 10.3 Å². The summed E-state index contributed by atoms with van der Waals surface area (Å²) in [6, 6.07) is 15.2. The first-order valence-corrected chi connectivity index (χ1v) is 10.4. The number of hydrogen-bond acceptors (Lipinski definition) is 4. The van der Waals surface area contributed by atoms with E-state index in [1.165, 1.54) is 23.9 Å². The van der Waals surface area contributed by atoms with Crippen molar-refractivity contribution in [2.24, 2.45) is 11.7 Å². The van der Waals surface area contributed by atoms with Crippen molar-refractivity contribution in [3.63, 3.8) is 0 Å². The van der Waals surface area contributed by atoms with Crippen LogP contribution in [0, 0.1) is 11.7 Å². The van der Waals surface area contributed by atoms with E-state index in [-0.39, 0.29) is 11.7 Å². The molecule has 156 valence electrons. The third kappa shape index (κ3) is 5.27. The molecule has 3 amide bonds. The van der Waals surface area contributed by atoms with Gasteiger partial charge in [-0.15, -0.1) is 0 Å². The second kappa shape index (κ2) is 9.58. The lowest BCUT2D eigenvalue weighted by Crippen LogP contribution is -2.42. The van der Waals surface area contributed by atoms with Gasteiger partial charge in [-0.05, 0) is 41.3 Å².